The number of amides is 1. The number of likely N-dealkylation sites (tertiary alicyclic amines) is 1. The van der Waals surface area contributed by atoms with Gasteiger partial charge in [-0.15, -0.1) is 0 Å². The molecule has 2 atom stereocenters. The lowest BCUT2D eigenvalue weighted by molar-refractivity contribution is -0.137. The largest absolute Gasteiger partial charge is 0.339 e. The van der Waals surface area contributed by atoms with Crippen LogP contribution >= 0.6 is 0 Å². The molecule has 3 nitrogen and oxygen atoms in total. The number of hydrogen-bond acceptors (Lipinski definition) is 2. The van der Waals surface area contributed by atoms with Crippen molar-refractivity contribution < 1.29 is 4.79 Å². The van der Waals surface area contributed by atoms with Crippen molar-refractivity contribution in [2.24, 2.45) is 0 Å². The van der Waals surface area contributed by atoms with Gasteiger partial charge >= 0.3 is 0 Å². The van der Waals surface area contributed by atoms with E-state index >= 15 is 0 Å². The monoisotopic (exact) mass is 272 g/mol. The second kappa shape index (κ2) is 5.96. The van der Waals surface area contributed by atoms with E-state index in [2.05, 4.69) is 28.4 Å². The molecular weight excluding hydrogens is 248 g/mol. The molecule has 1 aliphatic carbocycles. The number of rotatable bonds is 4. The van der Waals surface area contributed by atoms with Gasteiger partial charge in [0.1, 0.15) is 0 Å². The molecule has 0 spiro atoms. The molecule has 3 heteroatoms. The number of nitrogens with zero attached hydrogens (tertiary/aromatic N) is 1. The summed E-state index contributed by atoms with van der Waals surface area (Å²) in [5, 5.41) is 3.21. The summed E-state index contributed by atoms with van der Waals surface area (Å²) in [5.41, 5.74) is 2.62. The molecule has 0 bridgehead atoms. The minimum atomic E-state index is 0.126. The molecule has 108 valence electrons. The van der Waals surface area contributed by atoms with E-state index in [1.165, 1.54) is 24.0 Å². The van der Waals surface area contributed by atoms with Crippen LogP contribution in [0, 0.1) is 0 Å². The summed E-state index contributed by atoms with van der Waals surface area (Å²) in [4.78, 5) is 15.0. The molecule has 2 aliphatic rings. The van der Waals surface area contributed by atoms with E-state index in [0.29, 0.717) is 11.9 Å². The van der Waals surface area contributed by atoms with Crippen LogP contribution in [-0.4, -0.2) is 37.0 Å². The third-order valence-electron chi connectivity index (χ3n) is 4.79. The van der Waals surface area contributed by atoms with Crippen molar-refractivity contribution in [3.8, 4) is 0 Å². The molecule has 1 aromatic rings. The van der Waals surface area contributed by atoms with Crippen molar-refractivity contribution in [3.05, 3.63) is 35.4 Å². The molecule has 3 rings (SSSR count). The third-order valence-corrected chi connectivity index (χ3v) is 4.79. The fraction of sp³-hybridized carbons (Fsp3) is 0.588. The number of hydrogen-bond donors (Lipinski definition) is 1. The maximum Gasteiger partial charge on any atom is 0.230 e. The van der Waals surface area contributed by atoms with Crippen LogP contribution in [-0.2, 0) is 11.2 Å². The smallest absolute Gasteiger partial charge is 0.230 e. The van der Waals surface area contributed by atoms with Gasteiger partial charge in [0.05, 0.1) is 5.92 Å². The van der Waals surface area contributed by atoms with Gasteiger partial charge < -0.3 is 10.2 Å². The fourth-order valence-electron chi connectivity index (χ4n) is 3.58. The normalized spacial score (nSPS) is 24.9. The Hall–Kier alpha value is -1.35. The van der Waals surface area contributed by atoms with E-state index in [-0.39, 0.29) is 5.92 Å². The maximum atomic E-state index is 12.8. The summed E-state index contributed by atoms with van der Waals surface area (Å²) in [6.07, 6.45) is 5.61. The highest BCUT2D eigenvalue weighted by atomic mass is 16.2. The highest BCUT2D eigenvalue weighted by Crippen LogP contribution is 2.37. The molecule has 1 amide bonds. The number of fused-ring (bicyclic) bond motifs is 1. The van der Waals surface area contributed by atoms with E-state index in [9.17, 15) is 4.79 Å². The molecule has 1 fully saturated rings. The molecule has 2 unspecified atom stereocenters. The highest BCUT2D eigenvalue weighted by molar-refractivity contribution is 5.87. The molecule has 1 aliphatic heterocycles. The van der Waals surface area contributed by atoms with E-state index in [4.69, 9.17) is 0 Å². The molecule has 0 aromatic heterocycles. The first-order valence-electron chi connectivity index (χ1n) is 7.84. The second-order valence-electron chi connectivity index (χ2n) is 6.03. The van der Waals surface area contributed by atoms with Crippen LogP contribution < -0.4 is 5.32 Å². The van der Waals surface area contributed by atoms with Crippen LogP contribution in [0.2, 0.25) is 0 Å². The molecule has 0 saturated carbocycles. The lowest BCUT2D eigenvalue weighted by Gasteiger charge is -2.40. The zero-order chi connectivity index (χ0) is 13.9. The van der Waals surface area contributed by atoms with Crippen molar-refractivity contribution in [1.82, 2.24) is 10.2 Å². The zero-order valence-electron chi connectivity index (χ0n) is 12.3. The Labute approximate surface area is 121 Å². The van der Waals surface area contributed by atoms with Crippen LogP contribution in [0.5, 0.6) is 0 Å². The Bertz CT molecular complexity index is 486. The molecule has 1 saturated heterocycles. The van der Waals surface area contributed by atoms with E-state index in [1.807, 2.05) is 13.1 Å². The average Bonchev–Trinajstić information content (AvgIpc) is 2.46. The van der Waals surface area contributed by atoms with Crippen molar-refractivity contribution >= 4 is 5.91 Å². The minimum absolute atomic E-state index is 0.126. The van der Waals surface area contributed by atoms with Crippen LogP contribution in [0.4, 0.5) is 0 Å². The third kappa shape index (κ3) is 2.47. The first kappa shape index (κ1) is 13.6. The van der Waals surface area contributed by atoms with E-state index < -0.39 is 0 Å². The van der Waals surface area contributed by atoms with Crippen molar-refractivity contribution in [2.75, 3.05) is 20.1 Å². The first-order valence-corrected chi connectivity index (χ1v) is 7.84. The Morgan fingerprint density at radius 1 is 1.35 bits per heavy atom. The average molecular weight is 272 g/mol. The van der Waals surface area contributed by atoms with E-state index in [1.54, 1.807) is 0 Å². The lowest BCUT2D eigenvalue weighted by Crippen LogP contribution is -2.48. The fourth-order valence-corrected chi connectivity index (χ4v) is 3.58. The molecule has 0 radical (unpaired) electrons. The maximum absolute atomic E-state index is 12.8. The van der Waals surface area contributed by atoms with Gasteiger partial charge in [0, 0.05) is 12.6 Å². The van der Waals surface area contributed by atoms with Gasteiger partial charge in [-0.1, -0.05) is 24.3 Å². The number of benzene rings is 1. The summed E-state index contributed by atoms with van der Waals surface area (Å²) in [6, 6.07) is 8.82. The predicted molar refractivity (Wildman–Crippen MR) is 80.8 cm³/mol. The van der Waals surface area contributed by atoms with Crippen LogP contribution in [0.15, 0.2) is 24.3 Å². The van der Waals surface area contributed by atoms with Gasteiger partial charge in [0.2, 0.25) is 5.91 Å². The molecule has 20 heavy (non-hydrogen) atoms. The van der Waals surface area contributed by atoms with Gasteiger partial charge in [-0.05, 0) is 56.8 Å². The zero-order valence-corrected chi connectivity index (χ0v) is 12.3. The molecule has 1 N–H and O–H groups in total. The highest BCUT2D eigenvalue weighted by Gasteiger charge is 2.37. The van der Waals surface area contributed by atoms with Crippen LogP contribution in [0.3, 0.4) is 0 Å². The molecular formula is C17H24N2O. The first-order chi connectivity index (χ1) is 9.81. The van der Waals surface area contributed by atoms with Gasteiger partial charge in [0.25, 0.3) is 0 Å². The van der Waals surface area contributed by atoms with Gasteiger partial charge in [-0.2, -0.15) is 0 Å². The van der Waals surface area contributed by atoms with Crippen LogP contribution in [0.1, 0.15) is 42.7 Å². The summed E-state index contributed by atoms with van der Waals surface area (Å²) in [5.74, 6) is 0.492. The van der Waals surface area contributed by atoms with Crippen molar-refractivity contribution in [2.45, 2.75) is 44.1 Å². The van der Waals surface area contributed by atoms with Gasteiger partial charge in [-0.25, -0.2) is 0 Å². The Kier molecular flexibility index (Phi) is 4.06. The minimum Gasteiger partial charge on any atom is -0.339 e. The summed E-state index contributed by atoms with van der Waals surface area (Å²) >= 11 is 0. The standard InChI is InChI=1S/C17H24N2O/c1-18-10-9-14-7-4-5-11-19(14)17(20)16-12-13-6-2-3-8-15(13)16/h2-3,6,8,14,16,18H,4-5,7,9-12H2,1H3. The SMILES string of the molecule is CNCCC1CCCCN1C(=O)C1Cc2ccccc21. The number of nitrogens with one attached hydrogen (secondary N) is 1. The van der Waals surface area contributed by atoms with E-state index in [0.717, 1.165) is 32.4 Å². The molecule has 1 aromatic carbocycles. The Balaban J connectivity index is 1.69. The number of piperidine rings is 1. The number of carbonyl (C=O) groups is 1. The second-order valence-corrected chi connectivity index (χ2v) is 6.03. The Morgan fingerprint density at radius 2 is 2.20 bits per heavy atom. The topological polar surface area (TPSA) is 32.3 Å². The van der Waals surface area contributed by atoms with Gasteiger partial charge in [0.15, 0.2) is 0 Å². The number of carbonyl (C=O) groups excluding carboxylic acids is 1. The summed E-state index contributed by atoms with van der Waals surface area (Å²) < 4.78 is 0. The van der Waals surface area contributed by atoms with Crippen molar-refractivity contribution in [3.63, 3.8) is 0 Å². The van der Waals surface area contributed by atoms with Crippen molar-refractivity contribution in [1.29, 1.82) is 0 Å². The van der Waals surface area contributed by atoms with Crippen LogP contribution in [0.25, 0.3) is 0 Å². The molecule has 1 heterocycles. The lowest BCUT2D eigenvalue weighted by atomic mass is 9.76. The summed E-state index contributed by atoms with van der Waals surface area (Å²) in [6.45, 7) is 1.95. The summed E-state index contributed by atoms with van der Waals surface area (Å²) in [7, 11) is 1.98. The Morgan fingerprint density at radius 3 is 3.00 bits per heavy atom. The predicted octanol–water partition coefficient (Wildman–Crippen LogP) is 2.32. The van der Waals surface area contributed by atoms with Gasteiger partial charge in [-0.3, -0.25) is 4.79 Å². The quantitative estimate of drug-likeness (QED) is 0.912.